The zero-order valence-corrected chi connectivity index (χ0v) is 9.57. The molecule has 0 aliphatic rings. The van der Waals surface area contributed by atoms with Crippen LogP contribution in [0, 0.1) is 0 Å². The number of hydrogen-bond donors (Lipinski definition) is 4. The second kappa shape index (κ2) is 5.20. The van der Waals surface area contributed by atoms with E-state index in [9.17, 15) is 9.59 Å². The average Bonchev–Trinajstić information content (AvgIpc) is 2.15. The van der Waals surface area contributed by atoms with E-state index in [2.05, 4.69) is 5.32 Å². The van der Waals surface area contributed by atoms with Crippen LogP contribution in [0.5, 0.6) is 0 Å². The van der Waals surface area contributed by atoms with E-state index >= 15 is 0 Å². The van der Waals surface area contributed by atoms with Gasteiger partial charge in [-0.15, -0.1) is 0 Å². The van der Waals surface area contributed by atoms with Crippen molar-refractivity contribution in [1.82, 2.24) is 0 Å². The maximum absolute atomic E-state index is 11.2. The first kappa shape index (κ1) is 12.8. The summed E-state index contributed by atoms with van der Waals surface area (Å²) in [5, 5.41) is 2.98. The summed E-state index contributed by atoms with van der Waals surface area (Å²) in [4.78, 5) is 21.9. The number of anilines is 2. The van der Waals surface area contributed by atoms with E-state index in [1.165, 1.54) is 6.07 Å². The topological polar surface area (TPSA) is 124 Å². The maximum atomic E-state index is 11.2. The molecule has 1 atom stereocenters. The Labute approximate surface area is 99.1 Å². The van der Waals surface area contributed by atoms with Crippen molar-refractivity contribution in [2.45, 2.75) is 19.4 Å². The minimum atomic E-state index is -0.557. The number of amides is 2. The Balaban J connectivity index is 2.92. The maximum Gasteiger partial charge on any atom is 0.250 e. The highest BCUT2D eigenvalue weighted by Crippen LogP contribution is 2.20. The minimum Gasteiger partial charge on any atom is -0.399 e. The molecule has 2 amide bonds. The first-order valence-corrected chi connectivity index (χ1v) is 5.14. The van der Waals surface area contributed by atoms with Crippen molar-refractivity contribution in [2.75, 3.05) is 11.1 Å². The van der Waals surface area contributed by atoms with Gasteiger partial charge in [0.1, 0.15) is 0 Å². The molecule has 0 bridgehead atoms. The lowest BCUT2D eigenvalue weighted by Gasteiger charge is -2.16. The van der Waals surface area contributed by atoms with Crippen LogP contribution in [-0.2, 0) is 4.79 Å². The fraction of sp³-hybridized carbons (Fsp3) is 0.273. The number of nitrogens with two attached hydrogens (primary N) is 3. The molecule has 6 heteroatoms. The zero-order valence-electron chi connectivity index (χ0n) is 9.57. The third-order valence-electron chi connectivity index (χ3n) is 2.22. The van der Waals surface area contributed by atoms with Gasteiger partial charge in [-0.3, -0.25) is 9.59 Å². The number of benzene rings is 1. The Bertz CT molecular complexity index is 445. The number of nitrogens with one attached hydrogen (secondary N) is 1. The van der Waals surface area contributed by atoms with Crippen molar-refractivity contribution in [3.63, 3.8) is 0 Å². The third kappa shape index (κ3) is 3.67. The fourth-order valence-corrected chi connectivity index (χ4v) is 1.51. The monoisotopic (exact) mass is 236 g/mol. The van der Waals surface area contributed by atoms with Crippen molar-refractivity contribution in [1.29, 1.82) is 0 Å². The largest absolute Gasteiger partial charge is 0.399 e. The van der Waals surface area contributed by atoms with Crippen LogP contribution in [-0.4, -0.2) is 17.9 Å². The van der Waals surface area contributed by atoms with Gasteiger partial charge in [-0.1, -0.05) is 0 Å². The first-order chi connectivity index (χ1) is 7.90. The lowest BCUT2D eigenvalue weighted by molar-refractivity contribution is -0.118. The van der Waals surface area contributed by atoms with Crippen molar-refractivity contribution < 1.29 is 9.59 Å². The number of hydrogen-bond acceptors (Lipinski definition) is 4. The Morgan fingerprint density at radius 2 is 2.00 bits per heavy atom. The number of primary amides is 2. The molecule has 0 aliphatic heterocycles. The number of carbonyl (C=O) groups is 2. The molecule has 1 aromatic rings. The number of nitrogen functional groups attached to an aromatic ring is 1. The predicted octanol–water partition coefficient (Wildman–Crippen LogP) is 0.0435. The van der Waals surface area contributed by atoms with E-state index in [1.54, 1.807) is 19.1 Å². The normalized spacial score (nSPS) is 11.8. The zero-order chi connectivity index (χ0) is 13.0. The van der Waals surface area contributed by atoms with Gasteiger partial charge in [-0.25, -0.2) is 0 Å². The van der Waals surface area contributed by atoms with Crippen LogP contribution in [0.1, 0.15) is 23.7 Å². The summed E-state index contributed by atoms with van der Waals surface area (Å²) >= 11 is 0. The molecular weight excluding hydrogens is 220 g/mol. The molecule has 0 saturated carbocycles. The van der Waals surface area contributed by atoms with Gasteiger partial charge in [-0.05, 0) is 25.1 Å². The van der Waals surface area contributed by atoms with Crippen molar-refractivity contribution >= 4 is 23.2 Å². The molecule has 6 nitrogen and oxygen atoms in total. The molecule has 1 rings (SSSR count). The molecule has 0 heterocycles. The summed E-state index contributed by atoms with van der Waals surface area (Å²) in [5.41, 5.74) is 17.3. The van der Waals surface area contributed by atoms with Gasteiger partial charge in [0.2, 0.25) is 5.91 Å². The molecule has 0 aliphatic carbocycles. The fourth-order valence-electron chi connectivity index (χ4n) is 1.51. The third-order valence-corrected chi connectivity index (χ3v) is 2.22. The molecular formula is C11H16N4O2. The molecule has 0 fully saturated rings. The second-order valence-corrected chi connectivity index (χ2v) is 3.89. The highest BCUT2D eigenvalue weighted by Gasteiger charge is 2.12. The summed E-state index contributed by atoms with van der Waals surface area (Å²) in [7, 11) is 0. The van der Waals surface area contributed by atoms with E-state index in [0.717, 1.165) is 0 Å². The van der Waals surface area contributed by atoms with Gasteiger partial charge >= 0.3 is 0 Å². The summed E-state index contributed by atoms with van der Waals surface area (Å²) in [6, 6.07) is 4.52. The van der Waals surface area contributed by atoms with E-state index in [4.69, 9.17) is 17.2 Å². The summed E-state index contributed by atoms with van der Waals surface area (Å²) in [6.45, 7) is 1.78. The lowest BCUT2D eigenvalue weighted by atomic mass is 10.1. The van der Waals surface area contributed by atoms with Crippen molar-refractivity contribution in [3.8, 4) is 0 Å². The van der Waals surface area contributed by atoms with Crippen LogP contribution in [0.15, 0.2) is 18.2 Å². The molecule has 92 valence electrons. The first-order valence-electron chi connectivity index (χ1n) is 5.14. The molecule has 0 radical (unpaired) electrons. The number of rotatable bonds is 5. The second-order valence-electron chi connectivity index (χ2n) is 3.89. The standard InChI is InChI=1S/C11H16N4O2/c1-6(4-10(13)16)15-9-5-7(12)2-3-8(9)11(14)17/h2-3,5-6,15H,4,12H2,1H3,(H2,13,16)(H2,14,17). The Kier molecular flexibility index (Phi) is 3.92. The smallest absolute Gasteiger partial charge is 0.250 e. The van der Waals surface area contributed by atoms with Crippen LogP contribution in [0.3, 0.4) is 0 Å². The molecule has 17 heavy (non-hydrogen) atoms. The van der Waals surface area contributed by atoms with Crippen LogP contribution >= 0.6 is 0 Å². The quantitative estimate of drug-likeness (QED) is 0.539. The van der Waals surface area contributed by atoms with Gasteiger partial charge in [0, 0.05) is 23.8 Å². The van der Waals surface area contributed by atoms with Gasteiger partial charge in [0.05, 0.1) is 5.56 Å². The van der Waals surface area contributed by atoms with Gasteiger partial charge in [0.25, 0.3) is 5.91 Å². The van der Waals surface area contributed by atoms with E-state index < -0.39 is 11.8 Å². The van der Waals surface area contributed by atoms with E-state index in [0.29, 0.717) is 16.9 Å². The molecule has 0 aromatic heterocycles. The Hall–Kier alpha value is -2.24. The lowest BCUT2D eigenvalue weighted by Crippen LogP contribution is -2.25. The predicted molar refractivity (Wildman–Crippen MR) is 66.3 cm³/mol. The highest BCUT2D eigenvalue weighted by molar-refractivity contribution is 5.99. The van der Waals surface area contributed by atoms with Crippen LogP contribution < -0.4 is 22.5 Å². The molecule has 1 unspecified atom stereocenters. The van der Waals surface area contributed by atoms with Gasteiger partial charge in [-0.2, -0.15) is 0 Å². The highest BCUT2D eigenvalue weighted by atomic mass is 16.1. The van der Waals surface area contributed by atoms with Gasteiger partial charge < -0.3 is 22.5 Å². The van der Waals surface area contributed by atoms with Crippen LogP contribution in [0.25, 0.3) is 0 Å². The average molecular weight is 236 g/mol. The Morgan fingerprint density at radius 3 is 2.53 bits per heavy atom. The van der Waals surface area contributed by atoms with E-state index in [1.807, 2.05) is 0 Å². The van der Waals surface area contributed by atoms with Gasteiger partial charge in [0.15, 0.2) is 0 Å². The molecule has 1 aromatic carbocycles. The summed E-state index contributed by atoms with van der Waals surface area (Å²) in [5.74, 6) is -0.978. The Morgan fingerprint density at radius 1 is 1.35 bits per heavy atom. The number of carbonyl (C=O) groups excluding carboxylic acids is 2. The minimum absolute atomic E-state index is 0.160. The summed E-state index contributed by atoms with van der Waals surface area (Å²) < 4.78 is 0. The molecule has 0 spiro atoms. The molecule has 0 saturated heterocycles. The van der Waals surface area contributed by atoms with Crippen molar-refractivity contribution in [3.05, 3.63) is 23.8 Å². The SMILES string of the molecule is CC(CC(N)=O)Nc1cc(N)ccc1C(N)=O. The molecule has 7 N–H and O–H groups in total. The van der Waals surface area contributed by atoms with Crippen LogP contribution in [0.4, 0.5) is 11.4 Å². The van der Waals surface area contributed by atoms with E-state index in [-0.39, 0.29) is 12.5 Å². The van der Waals surface area contributed by atoms with Crippen molar-refractivity contribution in [2.24, 2.45) is 11.5 Å². The summed E-state index contributed by atoms with van der Waals surface area (Å²) in [6.07, 6.45) is 0.160. The van der Waals surface area contributed by atoms with Crippen LogP contribution in [0.2, 0.25) is 0 Å².